The van der Waals surface area contributed by atoms with Crippen molar-refractivity contribution in [3.63, 3.8) is 0 Å². The molecule has 0 saturated heterocycles. The molecule has 0 saturated carbocycles. The monoisotopic (exact) mass is 269 g/mol. The first-order valence-electron chi connectivity index (χ1n) is 5.50. The molecule has 1 aromatic carbocycles. The van der Waals surface area contributed by atoms with E-state index in [1.165, 1.54) is 12.1 Å². The highest BCUT2D eigenvalue weighted by molar-refractivity contribution is 6.30. The topological polar surface area (TPSA) is 66.4 Å². The molecule has 18 heavy (non-hydrogen) atoms. The molecule has 0 fully saturated rings. The highest BCUT2D eigenvalue weighted by Crippen LogP contribution is 2.16. The zero-order chi connectivity index (χ0) is 13.9. The van der Waals surface area contributed by atoms with Crippen molar-refractivity contribution in [2.75, 3.05) is 0 Å². The number of ketones is 1. The van der Waals surface area contributed by atoms with Crippen molar-refractivity contribution in [1.29, 1.82) is 0 Å². The van der Waals surface area contributed by atoms with E-state index < -0.39 is 23.3 Å². The third kappa shape index (κ3) is 3.82. The van der Waals surface area contributed by atoms with Crippen molar-refractivity contribution in [3.8, 4) is 0 Å². The van der Waals surface area contributed by atoms with Gasteiger partial charge in [0.2, 0.25) is 0 Å². The number of rotatable bonds is 3. The van der Waals surface area contributed by atoms with E-state index in [-0.39, 0.29) is 0 Å². The Morgan fingerprint density at radius 2 is 1.72 bits per heavy atom. The minimum absolute atomic E-state index is 0.333. The molecule has 1 unspecified atom stereocenters. The Morgan fingerprint density at radius 3 is 2.17 bits per heavy atom. The van der Waals surface area contributed by atoms with Gasteiger partial charge in [-0.3, -0.25) is 9.59 Å². The summed E-state index contributed by atoms with van der Waals surface area (Å²) in [6.07, 6.45) is -1.51. The van der Waals surface area contributed by atoms with Crippen LogP contribution in [0.25, 0.3) is 0 Å². The van der Waals surface area contributed by atoms with Gasteiger partial charge in [-0.15, -0.1) is 0 Å². The Kier molecular flexibility index (Phi) is 4.48. The van der Waals surface area contributed by atoms with Crippen LogP contribution in [0.15, 0.2) is 24.3 Å². The van der Waals surface area contributed by atoms with Gasteiger partial charge in [0.05, 0.1) is 0 Å². The quantitative estimate of drug-likeness (QED) is 0.825. The smallest absolute Gasteiger partial charge is 0.253 e. The normalized spacial score (nSPS) is 12.9. The molecule has 0 aliphatic rings. The minimum Gasteiger partial charge on any atom is -0.367 e. The first-order valence-corrected chi connectivity index (χ1v) is 5.88. The largest absolute Gasteiger partial charge is 0.367 e. The Hall–Kier alpha value is -1.39. The number of carbonyl (C=O) groups is 2. The lowest BCUT2D eigenvalue weighted by atomic mass is 9.90. The van der Waals surface area contributed by atoms with Gasteiger partial charge in [0.1, 0.15) is 0 Å². The highest BCUT2D eigenvalue weighted by Gasteiger charge is 2.29. The van der Waals surface area contributed by atoms with Crippen LogP contribution >= 0.6 is 11.6 Å². The highest BCUT2D eigenvalue weighted by atomic mass is 35.5. The molecule has 5 heteroatoms. The van der Waals surface area contributed by atoms with E-state index >= 15 is 0 Å². The third-order valence-electron chi connectivity index (χ3n) is 2.36. The standard InChI is InChI=1S/C13H16ClNO3/c1-13(2,3)10(16)12(18)15-11(17)8-4-6-9(14)7-5-8/h4-7,12,18H,1-3H3,(H,15,17). The zero-order valence-corrected chi connectivity index (χ0v) is 11.3. The second kappa shape index (κ2) is 5.50. The van der Waals surface area contributed by atoms with Crippen LogP contribution in [0.3, 0.4) is 0 Å². The van der Waals surface area contributed by atoms with Crippen molar-refractivity contribution in [2.24, 2.45) is 5.41 Å². The van der Waals surface area contributed by atoms with Crippen LogP contribution in [0.4, 0.5) is 0 Å². The second-order valence-corrected chi connectivity index (χ2v) is 5.43. The molecule has 0 spiro atoms. The summed E-state index contributed by atoms with van der Waals surface area (Å²) in [5, 5.41) is 12.4. The molecule has 1 amide bonds. The lowest BCUT2D eigenvalue weighted by Crippen LogP contribution is -2.45. The van der Waals surface area contributed by atoms with Crippen LogP contribution in [0.5, 0.6) is 0 Å². The fourth-order valence-electron chi connectivity index (χ4n) is 1.28. The Labute approximate surface area is 111 Å². The van der Waals surface area contributed by atoms with Gasteiger partial charge in [-0.25, -0.2) is 0 Å². The number of amides is 1. The average molecular weight is 270 g/mol. The minimum atomic E-state index is -1.51. The predicted molar refractivity (Wildman–Crippen MR) is 69.4 cm³/mol. The maximum atomic E-state index is 11.7. The molecule has 2 N–H and O–H groups in total. The van der Waals surface area contributed by atoms with Gasteiger partial charge in [0, 0.05) is 16.0 Å². The zero-order valence-electron chi connectivity index (χ0n) is 10.5. The molecule has 0 aromatic heterocycles. The van der Waals surface area contributed by atoms with Gasteiger partial charge >= 0.3 is 0 Å². The first kappa shape index (κ1) is 14.7. The number of hydrogen-bond acceptors (Lipinski definition) is 3. The van der Waals surface area contributed by atoms with Crippen LogP contribution in [0, 0.1) is 5.41 Å². The first-order chi connectivity index (χ1) is 8.21. The molecule has 0 radical (unpaired) electrons. The van der Waals surface area contributed by atoms with Crippen LogP contribution in [0.1, 0.15) is 31.1 Å². The number of nitrogens with one attached hydrogen (secondary N) is 1. The van der Waals surface area contributed by atoms with Crippen LogP contribution < -0.4 is 5.32 Å². The predicted octanol–water partition coefficient (Wildman–Crippen LogP) is 2.00. The van der Waals surface area contributed by atoms with Gasteiger partial charge in [0.25, 0.3) is 5.91 Å². The molecule has 4 nitrogen and oxygen atoms in total. The number of aliphatic hydroxyl groups excluding tert-OH is 1. The lowest BCUT2D eigenvalue weighted by Gasteiger charge is -2.21. The maximum absolute atomic E-state index is 11.7. The van der Waals surface area contributed by atoms with Gasteiger partial charge in [-0.05, 0) is 24.3 Å². The van der Waals surface area contributed by atoms with E-state index in [0.717, 1.165) is 0 Å². The van der Waals surface area contributed by atoms with Gasteiger partial charge in [-0.1, -0.05) is 32.4 Å². The van der Waals surface area contributed by atoms with Crippen LogP contribution in [-0.4, -0.2) is 23.0 Å². The Balaban J connectivity index is 2.71. The number of hydrogen-bond donors (Lipinski definition) is 2. The molecule has 0 aliphatic heterocycles. The summed E-state index contributed by atoms with van der Waals surface area (Å²) in [4.78, 5) is 23.4. The molecule has 98 valence electrons. The third-order valence-corrected chi connectivity index (χ3v) is 2.61. The SMILES string of the molecule is CC(C)(C)C(=O)C(O)NC(=O)c1ccc(Cl)cc1. The second-order valence-electron chi connectivity index (χ2n) is 5.00. The van der Waals surface area contributed by atoms with Crippen molar-refractivity contribution in [1.82, 2.24) is 5.32 Å². The van der Waals surface area contributed by atoms with Crippen molar-refractivity contribution in [2.45, 2.75) is 27.0 Å². The average Bonchev–Trinajstić information content (AvgIpc) is 2.27. The lowest BCUT2D eigenvalue weighted by molar-refractivity contribution is -0.136. The summed E-state index contributed by atoms with van der Waals surface area (Å²) in [7, 11) is 0. The van der Waals surface area contributed by atoms with E-state index in [9.17, 15) is 14.7 Å². The molecule has 1 aromatic rings. The number of aliphatic hydroxyl groups is 1. The fourth-order valence-corrected chi connectivity index (χ4v) is 1.41. The van der Waals surface area contributed by atoms with Crippen molar-refractivity contribution >= 4 is 23.3 Å². The van der Waals surface area contributed by atoms with E-state index in [0.29, 0.717) is 10.6 Å². The molecule has 0 heterocycles. The summed E-state index contributed by atoms with van der Waals surface area (Å²) >= 11 is 5.70. The number of Topliss-reactive ketones (excluding diaryl/α,β-unsaturated/α-hetero) is 1. The number of halogens is 1. The Bertz CT molecular complexity index is 448. The molecule has 1 rings (SSSR count). The van der Waals surface area contributed by atoms with Gasteiger partial charge < -0.3 is 10.4 Å². The summed E-state index contributed by atoms with van der Waals surface area (Å²) in [6.45, 7) is 5.02. The summed E-state index contributed by atoms with van der Waals surface area (Å²) in [5.74, 6) is -0.957. The van der Waals surface area contributed by atoms with E-state index in [1.807, 2.05) is 0 Å². The molecule has 0 bridgehead atoms. The molecular formula is C13H16ClNO3. The summed E-state index contributed by atoms with van der Waals surface area (Å²) < 4.78 is 0. The fraction of sp³-hybridized carbons (Fsp3) is 0.385. The molecule has 1 atom stereocenters. The van der Waals surface area contributed by atoms with E-state index in [2.05, 4.69) is 5.32 Å². The van der Waals surface area contributed by atoms with Crippen molar-refractivity contribution < 1.29 is 14.7 Å². The molecular weight excluding hydrogens is 254 g/mol. The van der Waals surface area contributed by atoms with Crippen molar-refractivity contribution in [3.05, 3.63) is 34.9 Å². The number of carbonyl (C=O) groups excluding carboxylic acids is 2. The Morgan fingerprint density at radius 1 is 1.22 bits per heavy atom. The number of benzene rings is 1. The maximum Gasteiger partial charge on any atom is 0.253 e. The van der Waals surface area contributed by atoms with E-state index in [1.54, 1.807) is 32.9 Å². The summed E-state index contributed by atoms with van der Waals surface area (Å²) in [6, 6.07) is 6.17. The van der Waals surface area contributed by atoms with E-state index in [4.69, 9.17) is 11.6 Å². The molecule has 0 aliphatic carbocycles. The van der Waals surface area contributed by atoms with Crippen LogP contribution in [0.2, 0.25) is 5.02 Å². The van der Waals surface area contributed by atoms with Gasteiger partial charge in [0.15, 0.2) is 12.0 Å². The summed E-state index contributed by atoms with van der Waals surface area (Å²) in [5.41, 5.74) is -0.382. The van der Waals surface area contributed by atoms with Gasteiger partial charge in [-0.2, -0.15) is 0 Å². The van der Waals surface area contributed by atoms with Crippen LogP contribution in [-0.2, 0) is 4.79 Å².